The van der Waals surface area contributed by atoms with Gasteiger partial charge in [-0.1, -0.05) is 0 Å². The molecular formula is C12H24N6O2. The summed E-state index contributed by atoms with van der Waals surface area (Å²) in [6.45, 7) is 11.5. The molecule has 1 aromatic rings. The van der Waals surface area contributed by atoms with Crippen LogP contribution in [0.3, 0.4) is 0 Å². The summed E-state index contributed by atoms with van der Waals surface area (Å²) in [5.41, 5.74) is 5.11. The summed E-state index contributed by atoms with van der Waals surface area (Å²) in [4.78, 5) is 13.0. The van der Waals surface area contributed by atoms with Gasteiger partial charge in [0.1, 0.15) is 5.60 Å². The van der Waals surface area contributed by atoms with Gasteiger partial charge in [-0.2, -0.15) is 4.80 Å². The lowest BCUT2D eigenvalue weighted by molar-refractivity contribution is 0.0524. The van der Waals surface area contributed by atoms with Gasteiger partial charge in [0, 0.05) is 6.54 Å². The van der Waals surface area contributed by atoms with Crippen molar-refractivity contribution in [3.8, 4) is 0 Å². The number of rotatable bonds is 3. The molecule has 0 aliphatic rings. The van der Waals surface area contributed by atoms with Crippen LogP contribution in [0, 0.1) is 0 Å². The van der Waals surface area contributed by atoms with Gasteiger partial charge in [-0.25, -0.2) is 4.79 Å². The Hall–Kier alpha value is -1.70. The number of hydrogen-bond acceptors (Lipinski definition) is 6. The number of alkyl carbamates (subject to hydrolysis) is 1. The van der Waals surface area contributed by atoms with E-state index in [0.717, 1.165) is 0 Å². The lowest BCUT2D eigenvalue weighted by Gasteiger charge is -2.20. The highest BCUT2D eigenvalue weighted by atomic mass is 16.6. The second-order valence-electron chi connectivity index (χ2n) is 6.60. The first-order valence-corrected chi connectivity index (χ1v) is 6.52. The highest BCUT2D eigenvalue weighted by molar-refractivity contribution is 5.67. The predicted molar refractivity (Wildman–Crippen MR) is 74.0 cm³/mol. The molecule has 3 N–H and O–H groups in total. The molecular weight excluding hydrogens is 260 g/mol. The lowest BCUT2D eigenvalue weighted by atomic mass is 10.1. The number of ether oxygens (including phenoxy) is 1. The van der Waals surface area contributed by atoms with Crippen LogP contribution in [0.1, 0.15) is 53.4 Å². The minimum Gasteiger partial charge on any atom is -0.444 e. The van der Waals surface area contributed by atoms with Gasteiger partial charge in [-0.15, -0.1) is 10.2 Å². The molecule has 0 saturated carbocycles. The van der Waals surface area contributed by atoms with E-state index in [1.54, 1.807) is 20.8 Å². The Bertz CT molecular complexity index is 457. The zero-order chi connectivity index (χ0) is 15.6. The molecule has 114 valence electrons. The molecule has 0 spiro atoms. The van der Waals surface area contributed by atoms with Crippen molar-refractivity contribution in [1.29, 1.82) is 0 Å². The fraction of sp³-hybridized carbons (Fsp3) is 0.833. The fourth-order valence-electron chi connectivity index (χ4n) is 1.26. The van der Waals surface area contributed by atoms with Crippen LogP contribution in [0.15, 0.2) is 0 Å². The second-order valence-corrected chi connectivity index (χ2v) is 6.60. The van der Waals surface area contributed by atoms with E-state index in [2.05, 4.69) is 20.7 Å². The average molecular weight is 284 g/mol. The van der Waals surface area contributed by atoms with Crippen molar-refractivity contribution in [3.63, 3.8) is 0 Å². The van der Waals surface area contributed by atoms with Gasteiger partial charge in [0.15, 0.2) is 5.82 Å². The van der Waals surface area contributed by atoms with Gasteiger partial charge in [-0.05, 0) is 46.8 Å². The monoisotopic (exact) mass is 284 g/mol. The van der Waals surface area contributed by atoms with Crippen LogP contribution < -0.4 is 11.1 Å². The van der Waals surface area contributed by atoms with Gasteiger partial charge in [-0.3, -0.25) is 0 Å². The minimum atomic E-state index is -0.540. The van der Waals surface area contributed by atoms with Crippen molar-refractivity contribution in [2.24, 2.45) is 5.73 Å². The van der Waals surface area contributed by atoms with Crippen LogP contribution in [0.4, 0.5) is 4.79 Å². The SMILES string of the molecule is CC(C)(C)OC(=O)NCC(N)c1nnn(C(C)(C)C)n1. The number of amides is 1. The molecule has 8 heteroatoms. The number of aromatic nitrogens is 4. The van der Waals surface area contributed by atoms with Gasteiger partial charge in [0.05, 0.1) is 11.6 Å². The smallest absolute Gasteiger partial charge is 0.407 e. The second kappa shape index (κ2) is 5.74. The molecule has 0 bridgehead atoms. The number of nitrogens with zero attached hydrogens (tertiary/aromatic N) is 4. The van der Waals surface area contributed by atoms with E-state index in [9.17, 15) is 4.79 Å². The normalized spacial score (nSPS) is 13.9. The largest absolute Gasteiger partial charge is 0.444 e. The molecule has 0 radical (unpaired) electrons. The molecule has 0 aliphatic heterocycles. The summed E-state index contributed by atoms with van der Waals surface area (Å²) < 4.78 is 5.12. The van der Waals surface area contributed by atoms with E-state index >= 15 is 0 Å². The highest BCUT2D eigenvalue weighted by Crippen LogP contribution is 2.11. The summed E-state index contributed by atoms with van der Waals surface area (Å²) >= 11 is 0. The highest BCUT2D eigenvalue weighted by Gasteiger charge is 2.21. The topological polar surface area (TPSA) is 108 Å². The third-order valence-electron chi connectivity index (χ3n) is 2.23. The summed E-state index contributed by atoms with van der Waals surface area (Å²) in [5.74, 6) is 0.385. The molecule has 1 atom stereocenters. The van der Waals surface area contributed by atoms with E-state index in [1.807, 2.05) is 20.8 Å². The standard InChI is InChI=1S/C12H24N6O2/c1-11(2,3)18-16-9(15-17-18)8(13)7-14-10(19)20-12(4,5)6/h8H,7,13H2,1-6H3,(H,14,19). The first kappa shape index (κ1) is 16.4. The molecule has 8 nitrogen and oxygen atoms in total. The zero-order valence-electron chi connectivity index (χ0n) is 13.0. The van der Waals surface area contributed by atoms with Crippen LogP contribution in [0.25, 0.3) is 0 Å². The maximum absolute atomic E-state index is 11.5. The minimum absolute atomic E-state index is 0.185. The molecule has 1 aromatic heterocycles. The van der Waals surface area contributed by atoms with Gasteiger partial charge >= 0.3 is 6.09 Å². The van der Waals surface area contributed by atoms with Gasteiger partial charge in [0.25, 0.3) is 0 Å². The van der Waals surface area contributed by atoms with E-state index in [-0.39, 0.29) is 12.1 Å². The predicted octanol–water partition coefficient (Wildman–Crippen LogP) is 0.953. The molecule has 0 aromatic carbocycles. The van der Waals surface area contributed by atoms with Crippen LogP contribution in [0.2, 0.25) is 0 Å². The third kappa shape index (κ3) is 5.12. The molecule has 20 heavy (non-hydrogen) atoms. The number of nitrogens with two attached hydrogens (primary N) is 1. The Kier molecular flexibility index (Phi) is 4.69. The van der Waals surface area contributed by atoms with Crippen molar-refractivity contribution in [2.75, 3.05) is 6.54 Å². The number of hydrogen-bond donors (Lipinski definition) is 2. The summed E-state index contributed by atoms with van der Waals surface area (Å²) in [5, 5.41) is 14.6. The van der Waals surface area contributed by atoms with Gasteiger partial charge < -0.3 is 15.8 Å². The van der Waals surface area contributed by atoms with Crippen LogP contribution in [-0.2, 0) is 10.3 Å². The maximum atomic E-state index is 11.5. The van der Waals surface area contributed by atoms with E-state index < -0.39 is 17.7 Å². The third-order valence-corrected chi connectivity index (χ3v) is 2.23. The van der Waals surface area contributed by atoms with E-state index in [1.165, 1.54) is 4.80 Å². The van der Waals surface area contributed by atoms with Crippen LogP contribution >= 0.6 is 0 Å². The Balaban J connectivity index is 2.53. The zero-order valence-corrected chi connectivity index (χ0v) is 13.0. The number of nitrogens with one attached hydrogen (secondary N) is 1. The Morgan fingerprint density at radius 3 is 2.40 bits per heavy atom. The number of carbonyl (C=O) groups excluding carboxylic acids is 1. The number of carbonyl (C=O) groups is 1. The molecule has 0 fully saturated rings. The number of tetrazole rings is 1. The first-order valence-electron chi connectivity index (χ1n) is 6.52. The van der Waals surface area contributed by atoms with Crippen molar-refractivity contribution >= 4 is 6.09 Å². The van der Waals surface area contributed by atoms with E-state index in [4.69, 9.17) is 10.5 Å². The van der Waals surface area contributed by atoms with E-state index in [0.29, 0.717) is 5.82 Å². The van der Waals surface area contributed by atoms with Crippen LogP contribution in [0.5, 0.6) is 0 Å². The average Bonchev–Trinajstić information content (AvgIpc) is 2.72. The molecule has 0 aliphatic carbocycles. The molecule has 1 heterocycles. The lowest BCUT2D eigenvalue weighted by Crippen LogP contribution is -2.37. The summed E-state index contributed by atoms with van der Waals surface area (Å²) in [6, 6.07) is -0.529. The quantitative estimate of drug-likeness (QED) is 0.855. The maximum Gasteiger partial charge on any atom is 0.407 e. The van der Waals surface area contributed by atoms with Crippen molar-refractivity contribution in [1.82, 2.24) is 25.5 Å². The fourth-order valence-corrected chi connectivity index (χ4v) is 1.26. The first-order chi connectivity index (χ1) is 8.99. The van der Waals surface area contributed by atoms with Crippen molar-refractivity contribution in [3.05, 3.63) is 5.82 Å². The Labute approximate surface area is 119 Å². The molecule has 0 saturated heterocycles. The molecule has 1 rings (SSSR count). The Morgan fingerprint density at radius 1 is 1.35 bits per heavy atom. The summed E-state index contributed by atoms with van der Waals surface area (Å²) in [6.07, 6.45) is -0.517. The molecule has 1 amide bonds. The van der Waals surface area contributed by atoms with Crippen molar-refractivity contribution < 1.29 is 9.53 Å². The summed E-state index contributed by atoms with van der Waals surface area (Å²) in [7, 11) is 0. The van der Waals surface area contributed by atoms with Gasteiger partial charge in [0.2, 0.25) is 0 Å². The van der Waals surface area contributed by atoms with Crippen molar-refractivity contribution in [2.45, 2.75) is 58.7 Å². The van der Waals surface area contributed by atoms with Crippen LogP contribution in [-0.4, -0.2) is 38.4 Å². The molecule has 1 unspecified atom stereocenters. The Morgan fingerprint density at radius 2 is 1.95 bits per heavy atom.